The van der Waals surface area contributed by atoms with Crippen LogP contribution in [0.1, 0.15) is 29.0 Å². The van der Waals surface area contributed by atoms with Crippen molar-refractivity contribution in [2.45, 2.75) is 18.6 Å². The third-order valence-electron chi connectivity index (χ3n) is 3.40. The Hall–Kier alpha value is -0.620. The molecule has 1 aromatic carbocycles. The van der Waals surface area contributed by atoms with Crippen LogP contribution in [0.5, 0.6) is 5.75 Å². The molecule has 0 radical (unpaired) electrons. The van der Waals surface area contributed by atoms with Gasteiger partial charge in [-0.3, -0.25) is 0 Å². The summed E-state index contributed by atoms with van der Waals surface area (Å²) < 4.78 is 21.0. The van der Waals surface area contributed by atoms with Crippen LogP contribution in [0, 0.1) is 5.82 Å². The molecular formula is C14H12BrClFNOS. The number of fused-ring (bicyclic) bond motifs is 1. The van der Waals surface area contributed by atoms with Gasteiger partial charge in [0.2, 0.25) is 0 Å². The van der Waals surface area contributed by atoms with Crippen molar-refractivity contribution in [2.75, 3.05) is 7.05 Å². The first-order valence-electron chi connectivity index (χ1n) is 6.16. The van der Waals surface area contributed by atoms with Gasteiger partial charge in [-0.15, -0.1) is 11.3 Å². The molecule has 2 unspecified atom stereocenters. The second-order valence-corrected chi connectivity index (χ2v) is 7.18. The van der Waals surface area contributed by atoms with Gasteiger partial charge in [-0.2, -0.15) is 0 Å². The minimum absolute atomic E-state index is 0.0686. The van der Waals surface area contributed by atoms with Gasteiger partial charge in [-0.25, -0.2) is 4.39 Å². The number of thiophene rings is 1. The molecule has 0 fully saturated rings. The van der Waals surface area contributed by atoms with Crippen molar-refractivity contribution < 1.29 is 9.13 Å². The predicted octanol–water partition coefficient (Wildman–Crippen LogP) is 5.09. The Morgan fingerprint density at radius 1 is 1.45 bits per heavy atom. The molecule has 3 rings (SSSR count). The summed E-state index contributed by atoms with van der Waals surface area (Å²) >= 11 is 11.0. The number of benzene rings is 1. The highest BCUT2D eigenvalue weighted by molar-refractivity contribution is 9.10. The molecule has 2 aromatic rings. The lowest BCUT2D eigenvalue weighted by atomic mass is 9.96. The lowest BCUT2D eigenvalue weighted by molar-refractivity contribution is 0.156. The van der Waals surface area contributed by atoms with Gasteiger partial charge >= 0.3 is 0 Å². The van der Waals surface area contributed by atoms with Gasteiger partial charge in [-0.1, -0.05) is 11.6 Å². The van der Waals surface area contributed by atoms with Crippen LogP contribution in [0.15, 0.2) is 28.7 Å². The zero-order valence-corrected chi connectivity index (χ0v) is 13.8. The lowest BCUT2D eigenvalue weighted by Crippen LogP contribution is -2.26. The fraction of sp³-hybridized carbons (Fsp3) is 0.286. The van der Waals surface area contributed by atoms with E-state index in [1.165, 1.54) is 23.5 Å². The standard InChI is InChI=1S/C14H12BrClFNOS/c1-18-10-6-12(13-5-9(15)14(16)20-13)19-11-3-2-7(17)4-8(10)11/h2-5,10,12,18H,6H2,1H3. The monoisotopic (exact) mass is 375 g/mol. The zero-order chi connectivity index (χ0) is 14.3. The Kier molecular flexibility index (Phi) is 4.04. The molecule has 2 nitrogen and oxygen atoms in total. The third-order valence-corrected chi connectivity index (χ3v) is 5.96. The maximum atomic E-state index is 13.4. The summed E-state index contributed by atoms with van der Waals surface area (Å²) in [4.78, 5) is 1.07. The van der Waals surface area contributed by atoms with E-state index in [1.54, 1.807) is 6.07 Å². The molecule has 0 spiro atoms. The molecule has 2 atom stereocenters. The molecule has 0 bridgehead atoms. The molecule has 1 aromatic heterocycles. The van der Waals surface area contributed by atoms with Crippen molar-refractivity contribution in [1.29, 1.82) is 0 Å². The molecule has 1 aliphatic heterocycles. The van der Waals surface area contributed by atoms with Crippen LogP contribution < -0.4 is 10.1 Å². The van der Waals surface area contributed by atoms with E-state index in [1.807, 2.05) is 13.1 Å². The first kappa shape index (κ1) is 14.3. The van der Waals surface area contributed by atoms with Crippen molar-refractivity contribution in [3.63, 3.8) is 0 Å². The van der Waals surface area contributed by atoms with Crippen LogP contribution in [0.25, 0.3) is 0 Å². The Morgan fingerprint density at radius 3 is 2.90 bits per heavy atom. The highest BCUT2D eigenvalue weighted by Gasteiger charge is 2.30. The van der Waals surface area contributed by atoms with Crippen LogP contribution in [0.2, 0.25) is 4.34 Å². The van der Waals surface area contributed by atoms with Crippen LogP contribution in [-0.2, 0) is 0 Å². The lowest BCUT2D eigenvalue weighted by Gasteiger charge is -2.31. The molecule has 0 aliphatic carbocycles. The van der Waals surface area contributed by atoms with Crippen LogP contribution in [-0.4, -0.2) is 7.05 Å². The van der Waals surface area contributed by atoms with E-state index in [4.69, 9.17) is 16.3 Å². The smallest absolute Gasteiger partial charge is 0.135 e. The van der Waals surface area contributed by atoms with E-state index in [9.17, 15) is 4.39 Å². The van der Waals surface area contributed by atoms with E-state index < -0.39 is 0 Å². The largest absolute Gasteiger partial charge is 0.484 e. The average Bonchev–Trinajstić information content (AvgIpc) is 2.77. The SMILES string of the molecule is CNC1CC(c2cc(Br)c(Cl)s2)Oc2ccc(F)cc21. The topological polar surface area (TPSA) is 21.3 Å². The molecule has 106 valence electrons. The molecule has 1 N–H and O–H groups in total. The van der Waals surface area contributed by atoms with Crippen molar-refractivity contribution in [1.82, 2.24) is 5.32 Å². The zero-order valence-electron chi connectivity index (χ0n) is 10.6. The van der Waals surface area contributed by atoms with E-state index in [-0.39, 0.29) is 18.0 Å². The Morgan fingerprint density at radius 2 is 2.25 bits per heavy atom. The van der Waals surface area contributed by atoms with Gasteiger partial charge in [0.1, 0.15) is 22.0 Å². The number of hydrogen-bond acceptors (Lipinski definition) is 3. The molecule has 0 saturated heterocycles. The number of hydrogen-bond donors (Lipinski definition) is 1. The van der Waals surface area contributed by atoms with Gasteiger partial charge < -0.3 is 10.1 Å². The molecule has 2 heterocycles. The minimum atomic E-state index is -0.243. The highest BCUT2D eigenvalue weighted by Crippen LogP contribution is 2.44. The maximum absolute atomic E-state index is 13.4. The molecule has 20 heavy (non-hydrogen) atoms. The van der Waals surface area contributed by atoms with Crippen molar-refractivity contribution in [2.24, 2.45) is 0 Å². The van der Waals surface area contributed by atoms with Gasteiger partial charge in [0.15, 0.2) is 0 Å². The Labute approximate surface area is 134 Å². The number of ether oxygens (including phenoxy) is 1. The summed E-state index contributed by atoms with van der Waals surface area (Å²) in [6.45, 7) is 0. The fourth-order valence-corrected chi connectivity index (χ4v) is 4.19. The number of halogens is 3. The summed E-state index contributed by atoms with van der Waals surface area (Å²) in [6, 6.07) is 6.69. The Balaban J connectivity index is 1.96. The summed E-state index contributed by atoms with van der Waals surface area (Å²) in [5.74, 6) is 0.482. The van der Waals surface area contributed by atoms with E-state index in [0.29, 0.717) is 0 Å². The second-order valence-electron chi connectivity index (χ2n) is 4.64. The van der Waals surface area contributed by atoms with Crippen LogP contribution in [0.4, 0.5) is 4.39 Å². The van der Waals surface area contributed by atoms with Crippen molar-refractivity contribution in [3.8, 4) is 5.75 Å². The predicted molar refractivity (Wildman–Crippen MR) is 83.2 cm³/mol. The third kappa shape index (κ3) is 2.60. The number of rotatable bonds is 2. The van der Waals surface area contributed by atoms with Gasteiger partial charge in [0.25, 0.3) is 0 Å². The summed E-state index contributed by atoms with van der Waals surface area (Å²) in [7, 11) is 1.87. The molecule has 0 saturated carbocycles. The first-order chi connectivity index (χ1) is 9.58. The average molecular weight is 377 g/mol. The van der Waals surface area contributed by atoms with Crippen molar-refractivity contribution >= 4 is 38.9 Å². The minimum Gasteiger partial charge on any atom is -0.484 e. The molecule has 0 amide bonds. The summed E-state index contributed by atoms with van der Waals surface area (Å²) in [5, 5.41) is 3.22. The number of nitrogens with one attached hydrogen (secondary N) is 1. The van der Waals surface area contributed by atoms with Gasteiger partial charge in [0, 0.05) is 27.4 Å². The quantitative estimate of drug-likeness (QED) is 0.788. The molecule has 6 heteroatoms. The highest BCUT2D eigenvalue weighted by atomic mass is 79.9. The van der Waals surface area contributed by atoms with E-state index >= 15 is 0 Å². The van der Waals surface area contributed by atoms with E-state index in [0.717, 1.165) is 31.4 Å². The van der Waals surface area contributed by atoms with E-state index in [2.05, 4.69) is 21.2 Å². The molecule has 1 aliphatic rings. The first-order valence-corrected chi connectivity index (χ1v) is 8.15. The fourth-order valence-electron chi connectivity index (χ4n) is 2.41. The summed E-state index contributed by atoms with van der Waals surface area (Å²) in [6.07, 6.45) is 0.676. The normalized spacial score (nSPS) is 21.4. The second kappa shape index (κ2) is 5.64. The van der Waals surface area contributed by atoms with Crippen LogP contribution >= 0.6 is 38.9 Å². The van der Waals surface area contributed by atoms with Crippen LogP contribution in [0.3, 0.4) is 0 Å². The Bertz CT molecular complexity index is 629. The van der Waals surface area contributed by atoms with Crippen molar-refractivity contribution in [3.05, 3.63) is 49.3 Å². The van der Waals surface area contributed by atoms with Gasteiger partial charge in [0.05, 0.1) is 0 Å². The van der Waals surface area contributed by atoms with Gasteiger partial charge in [-0.05, 0) is 47.2 Å². The molecular weight excluding hydrogens is 365 g/mol. The maximum Gasteiger partial charge on any atom is 0.135 e. The summed E-state index contributed by atoms with van der Waals surface area (Å²) in [5.41, 5.74) is 0.866.